The maximum Gasteiger partial charge on any atom is 0.329 e. The van der Waals surface area contributed by atoms with E-state index in [9.17, 15) is 14.0 Å². The first kappa shape index (κ1) is 17.5. The van der Waals surface area contributed by atoms with E-state index in [2.05, 4.69) is 10.5 Å². The molecule has 1 aromatic carbocycles. The van der Waals surface area contributed by atoms with Crippen LogP contribution in [0.5, 0.6) is 5.75 Å². The molecular weight excluding hydrogens is 319 g/mol. The quantitative estimate of drug-likeness (QED) is 0.805. The molecule has 0 aliphatic carbocycles. The molecule has 1 amide bonds. The lowest BCUT2D eigenvalue weighted by Crippen LogP contribution is -2.51. The number of aromatic nitrogens is 1. The summed E-state index contributed by atoms with van der Waals surface area (Å²) in [6.45, 7) is 2.92. The van der Waals surface area contributed by atoms with Gasteiger partial charge in [0.05, 0.1) is 0 Å². The Balaban J connectivity index is 2.01. The topological polar surface area (TPSA) is 102 Å². The summed E-state index contributed by atoms with van der Waals surface area (Å²) in [7, 11) is 0. The number of rotatable bonds is 7. The van der Waals surface area contributed by atoms with Gasteiger partial charge in [0.25, 0.3) is 5.91 Å². The molecule has 7 nitrogen and oxygen atoms in total. The van der Waals surface area contributed by atoms with E-state index in [1.807, 2.05) is 0 Å². The van der Waals surface area contributed by atoms with Crippen molar-refractivity contribution in [3.63, 3.8) is 0 Å². The molecule has 2 N–H and O–H groups in total. The number of carboxylic acid groups (broad SMARTS) is 1. The maximum absolute atomic E-state index is 13.4. The van der Waals surface area contributed by atoms with E-state index in [0.717, 1.165) is 0 Å². The van der Waals surface area contributed by atoms with Crippen LogP contribution >= 0.6 is 0 Å². The summed E-state index contributed by atoms with van der Waals surface area (Å²) in [4.78, 5) is 23.3. The van der Waals surface area contributed by atoms with Gasteiger partial charge < -0.3 is 19.7 Å². The van der Waals surface area contributed by atoms with Crippen LogP contribution in [0.1, 0.15) is 36.5 Å². The molecule has 2 rings (SSSR count). The largest absolute Gasteiger partial charge is 0.482 e. The molecule has 0 bridgehead atoms. The fraction of sp³-hybridized carbons (Fsp3) is 0.312. The molecule has 1 aromatic heterocycles. The van der Waals surface area contributed by atoms with Gasteiger partial charge in [-0.1, -0.05) is 24.2 Å². The second kappa shape index (κ2) is 7.12. The van der Waals surface area contributed by atoms with Crippen LogP contribution in [0.15, 0.2) is 34.9 Å². The number of carbonyl (C=O) groups excluding carboxylic acids is 1. The molecule has 24 heavy (non-hydrogen) atoms. The third kappa shape index (κ3) is 3.89. The Bertz CT molecular complexity index is 746. The summed E-state index contributed by atoms with van der Waals surface area (Å²) >= 11 is 0. The van der Waals surface area contributed by atoms with E-state index in [1.165, 1.54) is 31.2 Å². The normalized spacial score (nSPS) is 13.1. The van der Waals surface area contributed by atoms with Gasteiger partial charge >= 0.3 is 5.97 Å². The number of ether oxygens (including phenoxy) is 1. The SMILES string of the molecule is CCC(C)(NC(=O)c1cc(COc2ccccc2F)on1)C(=O)O. The number of nitrogens with one attached hydrogen (secondary N) is 1. The van der Waals surface area contributed by atoms with Gasteiger partial charge in [-0.05, 0) is 25.5 Å². The zero-order valence-corrected chi connectivity index (χ0v) is 13.2. The third-order valence-corrected chi connectivity index (χ3v) is 3.57. The van der Waals surface area contributed by atoms with Crippen LogP contribution in [0.2, 0.25) is 0 Å². The fourth-order valence-electron chi connectivity index (χ4n) is 1.81. The van der Waals surface area contributed by atoms with Crippen LogP contribution in [0.25, 0.3) is 0 Å². The predicted molar refractivity (Wildman–Crippen MR) is 81.0 cm³/mol. The molecule has 0 aliphatic heterocycles. The minimum absolute atomic E-state index is 0.0457. The van der Waals surface area contributed by atoms with E-state index < -0.39 is 23.2 Å². The molecule has 0 saturated heterocycles. The molecule has 0 radical (unpaired) electrons. The summed E-state index contributed by atoms with van der Waals surface area (Å²) in [5, 5.41) is 15.1. The molecule has 1 unspecified atom stereocenters. The zero-order valence-electron chi connectivity index (χ0n) is 13.2. The van der Waals surface area contributed by atoms with Crippen molar-refractivity contribution < 1.29 is 28.3 Å². The number of carbonyl (C=O) groups is 2. The van der Waals surface area contributed by atoms with Gasteiger partial charge in [-0.15, -0.1) is 0 Å². The number of benzene rings is 1. The second-order valence-electron chi connectivity index (χ2n) is 5.34. The molecule has 128 valence electrons. The minimum Gasteiger partial charge on any atom is -0.482 e. The molecule has 2 aromatic rings. The number of nitrogens with zero attached hydrogens (tertiary/aromatic N) is 1. The van der Waals surface area contributed by atoms with Crippen molar-refractivity contribution in [3.05, 3.63) is 47.6 Å². The van der Waals surface area contributed by atoms with Gasteiger partial charge in [0.2, 0.25) is 0 Å². The monoisotopic (exact) mass is 336 g/mol. The van der Waals surface area contributed by atoms with Gasteiger partial charge in [-0.25, -0.2) is 9.18 Å². The van der Waals surface area contributed by atoms with Gasteiger partial charge in [-0.2, -0.15) is 0 Å². The van der Waals surface area contributed by atoms with Crippen molar-refractivity contribution in [1.82, 2.24) is 10.5 Å². The molecule has 8 heteroatoms. The first-order valence-electron chi connectivity index (χ1n) is 7.24. The Labute approximate surface area is 137 Å². The van der Waals surface area contributed by atoms with Crippen molar-refractivity contribution in [3.8, 4) is 5.75 Å². The van der Waals surface area contributed by atoms with Crippen LogP contribution in [0.3, 0.4) is 0 Å². The Morgan fingerprint density at radius 3 is 2.75 bits per heavy atom. The summed E-state index contributed by atoms with van der Waals surface area (Å²) in [5.74, 6) is -2.09. The lowest BCUT2D eigenvalue weighted by molar-refractivity contribution is -0.143. The predicted octanol–water partition coefficient (Wildman–Crippen LogP) is 2.38. The van der Waals surface area contributed by atoms with E-state index in [-0.39, 0.29) is 30.2 Å². The van der Waals surface area contributed by atoms with Gasteiger partial charge in [-0.3, -0.25) is 4.79 Å². The molecular formula is C16H17FN2O5. The van der Waals surface area contributed by atoms with Crippen LogP contribution < -0.4 is 10.1 Å². The highest BCUT2D eigenvalue weighted by Crippen LogP contribution is 2.18. The molecule has 1 atom stereocenters. The maximum atomic E-state index is 13.4. The first-order chi connectivity index (χ1) is 11.4. The van der Waals surface area contributed by atoms with E-state index >= 15 is 0 Å². The Hall–Kier alpha value is -2.90. The number of halogens is 1. The first-order valence-corrected chi connectivity index (χ1v) is 7.24. The zero-order chi connectivity index (χ0) is 17.7. The van der Waals surface area contributed by atoms with Crippen molar-refractivity contribution >= 4 is 11.9 Å². The Morgan fingerprint density at radius 2 is 2.12 bits per heavy atom. The van der Waals surface area contributed by atoms with Crippen LogP contribution in [0, 0.1) is 5.82 Å². The highest BCUT2D eigenvalue weighted by Gasteiger charge is 2.33. The lowest BCUT2D eigenvalue weighted by Gasteiger charge is -2.23. The molecule has 0 spiro atoms. The highest BCUT2D eigenvalue weighted by atomic mass is 19.1. The fourth-order valence-corrected chi connectivity index (χ4v) is 1.81. The lowest BCUT2D eigenvalue weighted by atomic mass is 9.99. The second-order valence-corrected chi connectivity index (χ2v) is 5.34. The van der Waals surface area contributed by atoms with E-state index in [1.54, 1.807) is 13.0 Å². The van der Waals surface area contributed by atoms with Gasteiger partial charge in [0, 0.05) is 6.07 Å². The van der Waals surface area contributed by atoms with Crippen molar-refractivity contribution in [2.24, 2.45) is 0 Å². The molecule has 1 heterocycles. The molecule has 0 fully saturated rings. The third-order valence-electron chi connectivity index (χ3n) is 3.57. The van der Waals surface area contributed by atoms with Crippen LogP contribution in [0.4, 0.5) is 4.39 Å². The average molecular weight is 336 g/mol. The number of hydrogen-bond acceptors (Lipinski definition) is 5. The van der Waals surface area contributed by atoms with E-state index in [0.29, 0.717) is 0 Å². The average Bonchev–Trinajstić information content (AvgIpc) is 3.03. The smallest absolute Gasteiger partial charge is 0.329 e. The number of amides is 1. The minimum atomic E-state index is -1.40. The standard InChI is InChI=1S/C16H17FN2O5/c1-3-16(2,15(21)22)18-14(20)12-8-10(24-19-12)9-23-13-7-5-4-6-11(13)17/h4-8H,3,9H2,1-2H3,(H,18,20)(H,21,22). The van der Waals surface area contributed by atoms with Crippen LogP contribution in [-0.4, -0.2) is 27.7 Å². The van der Waals surface area contributed by atoms with Crippen molar-refractivity contribution in [2.45, 2.75) is 32.4 Å². The number of hydrogen-bond donors (Lipinski definition) is 2. The van der Waals surface area contributed by atoms with Gasteiger partial charge in [0.1, 0.15) is 12.1 Å². The summed E-state index contributed by atoms with van der Waals surface area (Å²) in [6.07, 6.45) is 0.204. The Kier molecular flexibility index (Phi) is 5.18. The molecule has 0 saturated carbocycles. The summed E-state index contributed by atoms with van der Waals surface area (Å²) < 4.78 is 23.6. The molecule has 0 aliphatic rings. The van der Waals surface area contributed by atoms with Gasteiger partial charge in [0.15, 0.2) is 23.0 Å². The van der Waals surface area contributed by atoms with Crippen molar-refractivity contribution in [2.75, 3.05) is 0 Å². The summed E-state index contributed by atoms with van der Waals surface area (Å²) in [5.41, 5.74) is -1.48. The number of carboxylic acids is 1. The number of para-hydroxylation sites is 1. The van der Waals surface area contributed by atoms with Crippen LogP contribution in [-0.2, 0) is 11.4 Å². The summed E-state index contributed by atoms with van der Waals surface area (Å²) in [6, 6.07) is 7.18. The number of aliphatic carboxylic acids is 1. The highest BCUT2D eigenvalue weighted by molar-refractivity contribution is 5.96. The Morgan fingerprint density at radius 1 is 1.42 bits per heavy atom. The van der Waals surface area contributed by atoms with E-state index in [4.69, 9.17) is 14.4 Å². The van der Waals surface area contributed by atoms with Crippen molar-refractivity contribution in [1.29, 1.82) is 0 Å².